The third kappa shape index (κ3) is 5.20. The topological polar surface area (TPSA) is 93.2 Å². The van der Waals surface area contributed by atoms with Crippen molar-refractivity contribution >= 4 is 35.0 Å². The highest BCUT2D eigenvalue weighted by Gasteiger charge is 2.60. The van der Waals surface area contributed by atoms with E-state index >= 15 is 0 Å². The molecule has 6 aliphatic rings. The summed E-state index contributed by atoms with van der Waals surface area (Å²) in [4.78, 5) is 55.9. The molecule has 4 bridgehead atoms. The maximum absolute atomic E-state index is 13.3. The minimum Gasteiger partial charge on any atom is -0.457 e. The van der Waals surface area contributed by atoms with Crippen LogP contribution < -0.4 is 19.3 Å². The molecule has 2 saturated carbocycles. The van der Waals surface area contributed by atoms with Crippen LogP contribution in [0.4, 0.5) is 11.4 Å². The van der Waals surface area contributed by atoms with Gasteiger partial charge in [0.25, 0.3) is 0 Å². The number of rotatable bonds is 9. The van der Waals surface area contributed by atoms with Gasteiger partial charge < -0.3 is 9.47 Å². The van der Waals surface area contributed by atoms with Gasteiger partial charge in [-0.05, 0) is 133 Å². The Morgan fingerprint density at radius 3 is 1.03 bits per heavy atom. The van der Waals surface area contributed by atoms with Gasteiger partial charge in [0, 0.05) is 5.41 Å². The largest absolute Gasteiger partial charge is 0.457 e. The van der Waals surface area contributed by atoms with Crippen LogP contribution >= 0.6 is 0 Å². The fourth-order valence-corrected chi connectivity index (χ4v) is 10.9. The van der Waals surface area contributed by atoms with Crippen LogP contribution in [-0.2, 0) is 24.6 Å². The molecule has 58 heavy (non-hydrogen) atoms. The number of benzene rings is 5. The number of carbonyl (C=O) groups is 4. The minimum absolute atomic E-state index is 0.0902. The zero-order valence-electron chi connectivity index (χ0n) is 31.8. The molecule has 4 aliphatic carbocycles. The number of hydrogen-bond donors (Lipinski definition) is 0. The van der Waals surface area contributed by atoms with E-state index in [0.717, 1.165) is 29.5 Å². The van der Waals surface area contributed by atoms with Gasteiger partial charge in [-0.25, -0.2) is 0 Å². The lowest BCUT2D eigenvalue weighted by Crippen LogP contribution is -2.32. The molecule has 4 fully saturated rings. The van der Waals surface area contributed by atoms with E-state index in [-0.39, 0.29) is 71.0 Å². The Labute approximate surface area is 336 Å². The summed E-state index contributed by atoms with van der Waals surface area (Å²) in [5.74, 6) is 1.95. The lowest BCUT2D eigenvalue weighted by Gasteiger charge is -2.32. The molecular formula is C50H40N2O6. The molecule has 5 aromatic carbocycles. The van der Waals surface area contributed by atoms with Gasteiger partial charge in [0.1, 0.15) is 23.0 Å². The van der Waals surface area contributed by atoms with Crippen molar-refractivity contribution in [2.75, 3.05) is 9.80 Å². The van der Waals surface area contributed by atoms with Crippen molar-refractivity contribution in [3.63, 3.8) is 0 Å². The molecule has 2 aliphatic heterocycles. The molecular weight excluding hydrogens is 725 g/mol. The molecule has 5 aromatic rings. The molecule has 1 unspecified atom stereocenters. The second-order valence-electron chi connectivity index (χ2n) is 16.8. The van der Waals surface area contributed by atoms with E-state index in [1.807, 2.05) is 42.5 Å². The van der Waals surface area contributed by atoms with Crippen molar-refractivity contribution in [2.24, 2.45) is 47.3 Å². The first-order chi connectivity index (χ1) is 28.3. The molecule has 2 saturated heterocycles. The Morgan fingerprint density at radius 1 is 0.414 bits per heavy atom. The van der Waals surface area contributed by atoms with Crippen LogP contribution in [0, 0.1) is 47.3 Å². The van der Waals surface area contributed by atoms with Crippen molar-refractivity contribution < 1.29 is 28.7 Å². The van der Waals surface area contributed by atoms with Crippen molar-refractivity contribution in [3.05, 3.63) is 168 Å². The molecule has 8 heteroatoms. The predicted octanol–water partition coefficient (Wildman–Crippen LogP) is 9.25. The normalized spacial score (nSPS) is 27.5. The highest BCUT2D eigenvalue weighted by Crippen LogP contribution is 2.54. The first-order valence-electron chi connectivity index (χ1n) is 20.2. The summed E-state index contributed by atoms with van der Waals surface area (Å²) >= 11 is 0. The van der Waals surface area contributed by atoms with Gasteiger partial charge >= 0.3 is 0 Å². The van der Waals surface area contributed by atoms with Crippen LogP contribution in [-0.4, -0.2) is 23.6 Å². The van der Waals surface area contributed by atoms with E-state index in [9.17, 15) is 19.2 Å². The monoisotopic (exact) mass is 764 g/mol. The van der Waals surface area contributed by atoms with Crippen molar-refractivity contribution in [3.8, 4) is 23.0 Å². The maximum Gasteiger partial charge on any atom is 0.238 e. The summed E-state index contributed by atoms with van der Waals surface area (Å²) in [5.41, 5.74) is 3.93. The average Bonchev–Trinajstić information content (AvgIpc) is 4.13. The Morgan fingerprint density at radius 2 is 0.707 bits per heavy atom. The Bertz CT molecular complexity index is 2330. The highest BCUT2D eigenvalue weighted by molar-refractivity contribution is 6.23. The van der Waals surface area contributed by atoms with Gasteiger partial charge in [-0.2, -0.15) is 0 Å². The quantitative estimate of drug-likeness (QED) is 0.0845. The van der Waals surface area contributed by atoms with Crippen LogP contribution in [0.25, 0.3) is 0 Å². The average molecular weight is 765 g/mol. The van der Waals surface area contributed by atoms with Gasteiger partial charge in [0.05, 0.1) is 35.0 Å². The van der Waals surface area contributed by atoms with Gasteiger partial charge in [0.15, 0.2) is 0 Å². The molecule has 286 valence electrons. The van der Waals surface area contributed by atoms with E-state index in [0.29, 0.717) is 34.4 Å². The second kappa shape index (κ2) is 13.0. The van der Waals surface area contributed by atoms with E-state index in [2.05, 4.69) is 67.6 Å². The minimum atomic E-state index is -0.508. The van der Waals surface area contributed by atoms with Crippen molar-refractivity contribution in [1.82, 2.24) is 0 Å². The lowest BCUT2D eigenvalue weighted by atomic mass is 9.71. The predicted molar refractivity (Wildman–Crippen MR) is 218 cm³/mol. The molecule has 0 spiro atoms. The lowest BCUT2D eigenvalue weighted by molar-refractivity contribution is -0.124. The van der Waals surface area contributed by atoms with Gasteiger partial charge in [0.2, 0.25) is 23.6 Å². The number of allylic oxidation sites excluding steroid dienone is 4. The van der Waals surface area contributed by atoms with Crippen LogP contribution in [0.2, 0.25) is 0 Å². The number of fused-ring (bicyclic) bond motifs is 10. The Kier molecular flexibility index (Phi) is 7.77. The summed E-state index contributed by atoms with van der Waals surface area (Å²) in [5, 5.41) is 0. The number of carbonyl (C=O) groups excluding carboxylic acids is 4. The summed E-state index contributed by atoms with van der Waals surface area (Å²) in [6.45, 7) is 2.21. The smallest absolute Gasteiger partial charge is 0.238 e. The third-order valence-corrected chi connectivity index (χ3v) is 13.8. The molecule has 11 rings (SSSR count). The molecule has 9 atom stereocenters. The molecule has 0 aromatic heterocycles. The highest BCUT2D eigenvalue weighted by atomic mass is 16.5. The zero-order chi connectivity index (χ0) is 39.3. The number of hydrogen-bond acceptors (Lipinski definition) is 6. The number of nitrogens with zero attached hydrogens (tertiary/aromatic N) is 2. The summed E-state index contributed by atoms with van der Waals surface area (Å²) < 4.78 is 12.5. The van der Waals surface area contributed by atoms with Crippen LogP contribution in [0.5, 0.6) is 23.0 Å². The molecule has 0 N–H and O–H groups in total. The Balaban J connectivity index is 0.785. The summed E-state index contributed by atoms with van der Waals surface area (Å²) in [7, 11) is 0. The summed E-state index contributed by atoms with van der Waals surface area (Å²) in [6.07, 6.45) is 10.2. The number of anilines is 2. The molecule has 2 heterocycles. The van der Waals surface area contributed by atoms with Crippen molar-refractivity contribution in [1.29, 1.82) is 0 Å². The maximum atomic E-state index is 13.3. The Hall–Kier alpha value is -6.54. The fraction of sp³-hybridized carbons (Fsp3) is 0.240. The van der Waals surface area contributed by atoms with E-state index < -0.39 is 5.41 Å². The van der Waals surface area contributed by atoms with E-state index in [1.165, 1.54) is 9.80 Å². The number of amides is 4. The zero-order valence-corrected chi connectivity index (χ0v) is 31.8. The van der Waals surface area contributed by atoms with Crippen molar-refractivity contribution in [2.45, 2.75) is 25.2 Å². The molecule has 0 radical (unpaired) electrons. The molecule has 8 nitrogen and oxygen atoms in total. The number of imide groups is 2. The van der Waals surface area contributed by atoms with Crippen LogP contribution in [0.3, 0.4) is 0 Å². The second-order valence-corrected chi connectivity index (χ2v) is 16.8. The van der Waals surface area contributed by atoms with E-state index in [4.69, 9.17) is 9.47 Å². The van der Waals surface area contributed by atoms with Gasteiger partial charge in [-0.3, -0.25) is 29.0 Å². The third-order valence-electron chi connectivity index (χ3n) is 13.8. The SMILES string of the molecule is CC(c1ccccc1)(c1ccc(Oc2ccc(N3C(=O)[C@@H]4[C@@H](C3=O)[C@H]3C=C[C@H]4C3)cc2)cc1)c1ccc(Oc2ccc(N3C(=O)[C@@H]4[C@H](C3=O)[C@H]3C=C[C@H]4C3)cc2)cc1. The first kappa shape index (κ1) is 34.7. The first-order valence-corrected chi connectivity index (χ1v) is 20.2. The number of ether oxygens (including phenoxy) is 2. The van der Waals surface area contributed by atoms with Crippen LogP contribution in [0.1, 0.15) is 36.5 Å². The van der Waals surface area contributed by atoms with Gasteiger partial charge in [-0.1, -0.05) is 78.9 Å². The molecule has 4 amide bonds. The fourth-order valence-electron chi connectivity index (χ4n) is 10.9. The van der Waals surface area contributed by atoms with E-state index in [1.54, 1.807) is 48.5 Å². The van der Waals surface area contributed by atoms with Crippen LogP contribution in [0.15, 0.2) is 152 Å². The van der Waals surface area contributed by atoms with Gasteiger partial charge in [-0.15, -0.1) is 0 Å². The standard InChI is InChI=1S/C50H40N2O6/c1-50(33-5-3-2-4-6-33,34-11-19-38(20-12-34)57-40-23-15-36(16-24-40)51-46(53)42-29-7-8-30(27-29)43(42)47(51)54)35-13-21-39(22-14-35)58-41-25-17-37(18-26-41)52-48(55)44-31-9-10-32(28-31)45(44)49(52)56/h2-26,29-32,42-45H,27-28H2,1H3/t29-,30-,31-,32-,42-,43-,44-,45+,50?/m0/s1. The summed E-state index contributed by atoms with van der Waals surface area (Å²) in [6, 6.07) is 40.9.